The van der Waals surface area contributed by atoms with Gasteiger partial charge in [0.25, 0.3) is 0 Å². The molecule has 1 fully saturated rings. The van der Waals surface area contributed by atoms with Crippen LogP contribution >= 0.6 is 0 Å². The van der Waals surface area contributed by atoms with Crippen LogP contribution in [0.3, 0.4) is 0 Å². The van der Waals surface area contributed by atoms with Crippen LogP contribution in [0.25, 0.3) is 0 Å². The fraction of sp³-hybridized carbons (Fsp3) is 0.714. The number of carbonyl (C=O) groups excluding carboxylic acids is 1. The molecule has 2 heterocycles. The number of carbonyl (C=O) groups is 1. The summed E-state index contributed by atoms with van der Waals surface area (Å²) in [6.45, 7) is 2.26. The lowest BCUT2D eigenvalue weighted by molar-refractivity contribution is -0.102. The standard InChI is InChI=1S/C7H10N2O2/c10-4-6-3-7-5-11-2-1-9(7)8-6/h4,7H,1-3,5H2. The maximum absolute atomic E-state index is 10.4. The van der Waals surface area contributed by atoms with Crippen LogP contribution in [-0.2, 0) is 9.53 Å². The molecular weight excluding hydrogens is 144 g/mol. The van der Waals surface area contributed by atoms with E-state index in [1.807, 2.05) is 5.01 Å². The molecule has 60 valence electrons. The number of fused-ring (bicyclic) bond motifs is 1. The predicted octanol–water partition coefficient (Wildman–Crippen LogP) is -0.354. The molecule has 4 heteroatoms. The van der Waals surface area contributed by atoms with Crippen molar-refractivity contribution in [1.82, 2.24) is 5.01 Å². The molecule has 1 atom stereocenters. The molecule has 0 aliphatic carbocycles. The number of hydrazone groups is 1. The van der Waals surface area contributed by atoms with E-state index in [0.717, 1.165) is 25.9 Å². The van der Waals surface area contributed by atoms with Crippen molar-refractivity contribution < 1.29 is 9.53 Å². The van der Waals surface area contributed by atoms with Gasteiger partial charge in [-0.05, 0) is 0 Å². The van der Waals surface area contributed by atoms with Gasteiger partial charge < -0.3 is 4.74 Å². The average Bonchev–Trinajstić information content (AvgIpc) is 2.46. The highest BCUT2D eigenvalue weighted by atomic mass is 16.5. The summed E-state index contributed by atoms with van der Waals surface area (Å²) >= 11 is 0. The molecule has 2 aliphatic rings. The third-order valence-corrected chi connectivity index (χ3v) is 2.03. The Morgan fingerprint density at radius 3 is 3.36 bits per heavy atom. The minimum absolute atomic E-state index is 0.323. The van der Waals surface area contributed by atoms with Crippen molar-refractivity contribution in [3.05, 3.63) is 0 Å². The topological polar surface area (TPSA) is 41.9 Å². The highest BCUT2D eigenvalue weighted by molar-refractivity contribution is 6.28. The van der Waals surface area contributed by atoms with Crippen molar-refractivity contribution >= 4 is 12.0 Å². The quantitative estimate of drug-likeness (QED) is 0.484. The average molecular weight is 154 g/mol. The third-order valence-electron chi connectivity index (χ3n) is 2.03. The lowest BCUT2D eigenvalue weighted by atomic mass is 10.1. The Morgan fingerprint density at radius 2 is 2.64 bits per heavy atom. The molecule has 11 heavy (non-hydrogen) atoms. The van der Waals surface area contributed by atoms with Crippen molar-refractivity contribution in [3.8, 4) is 0 Å². The second-order valence-corrected chi connectivity index (χ2v) is 2.81. The Labute approximate surface area is 64.8 Å². The van der Waals surface area contributed by atoms with Crippen LogP contribution in [0.4, 0.5) is 0 Å². The van der Waals surface area contributed by atoms with Crippen LogP contribution in [0.15, 0.2) is 5.10 Å². The SMILES string of the molecule is O=CC1=NN2CCOCC2C1. The van der Waals surface area contributed by atoms with E-state index >= 15 is 0 Å². The van der Waals surface area contributed by atoms with Gasteiger partial charge in [0.15, 0.2) is 6.29 Å². The zero-order valence-electron chi connectivity index (χ0n) is 6.19. The molecular formula is C7H10N2O2. The van der Waals surface area contributed by atoms with Gasteiger partial charge in [0.2, 0.25) is 0 Å². The first kappa shape index (κ1) is 6.79. The maximum atomic E-state index is 10.4. The fourth-order valence-corrected chi connectivity index (χ4v) is 1.46. The molecule has 0 aromatic carbocycles. The number of hydrogen-bond donors (Lipinski definition) is 0. The first-order chi connectivity index (χ1) is 5.40. The first-order valence-electron chi connectivity index (χ1n) is 3.77. The molecule has 0 radical (unpaired) electrons. The third kappa shape index (κ3) is 1.14. The lowest BCUT2D eigenvalue weighted by Crippen LogP contribution is -2.38. The van der Waals surface area contributed by atoms with E-state index in [9.17, 15) is 4.79 Å². The zero-order valence-corrected chi connectivity index (χ0v) is 6.19. The van der Waals surface area contributed by atoms with E-state index in [1.54, 1.807) is 0 Å². The van der Waals surface area contributed by atoms with Gasteiger partial charge in [-0.3, -0.25) is 9.80 Å². The fourth-order valence-electron chi connectivity index (χ4n) is 1.46. The smallest absolute Gasteiger partial charge is 0.166 e. The van der Waals surface area contributed by atoms with E-state index in [1.165, 1.54) is 0 Å². The minimum Gasteiger partial charge on any atom is -0.377 e. The van der Waals surface area contributed by atoms with E-state index in [0.29, 0.717) is 18.4 Å². The van der Waals surface area contributed by atoms with Crippen molar-refractivity contribution in [3.63, 3.8) is 0 Å². The highest BCUT2D eigenvalue weighted by Gasteiger charge is 2.28. The van der Waals surface area contributed by atoms with Crippen molar-refractivity contribution in [2.75, 3.05) is 19.8 Å². The molecule has 0 bridgehead atoms. The van der Waals surface area contributed by atoms with Gasteiger partial charge in [0.1, 0.15) is 5.71 Å². The van der Waals surface area contributed by atoms with Crippen LogP contribution in [0.1, 0.15) is 6.42 Å². The van der Waals surface area contributed by atoms with Gasteiger partial charge in [-0.2, -0.15) is 5.10 Å². The van der Waals surface area contributed by atoms with Gasteiger partial charge in [-0.25, -0.2) is 0 Å². The summed E-state index contributed by atoms with van der Waals surface area (Å²) in [5, 5.41) is 6.08. The van der Waals surface area contributed by atoms with E-state index in [-0.39, 0.29) is 0 Å². The summed E-state index contributed by atoms with van der Waals surface area (Å²) in [4.78, 5) is 10.4. The minimum atomic E-state index is 0.323. The summed E-state index contributed by atoms with van der Waals surface area (Å²) in [5.41, 5.74) is 0.653. The van der Waals surface area contributed by atoms with Crippen LogP contribution < -0.4 is 0 Å². The van der Waals surface area contributed by atoms with E-state index in [4.69, 9.17) is 4.74 Å². The summed E-state index contributed by atoms with van der Waals surface area (Å²) in [5.74, 6) is 0. The van der Waals surface area contributed by atoms with Gasteiger partial charge >= 0.3 is 0 Å². The molecule has 4 nitrogen and oxygen atoms in total. The van der Waals surface area contributed by atoms with Crippen LogP contribution in [0.5, 0.6) is 0 Å². The molecule has 1 unspecified atom stereocenters. The van der Waals surface area contributed by atoms with Crippen molar-refractivity contribution in [2.45, 2.75) is 12.5 Å². The first-order valence-corrected chi connectivity index (χ1v) is 3.77. The second kappa shape index (κ2) is 2.62. The van der Waals surface area contributed by atoms with Gasteiger partial charge in [0.05, 0.1) is 25.8 Å². The molecule has 0 amide bonds. The normalized spacial score (nSPS) is 29.6. The molecule has 2 aliphatic heterocycles. The van der Waals surface area contributed by atoms with Gasteiger partial charge in [-0.1, -0.05) is 0 Å². The Balaban J connectivity index is 2.07. The summed E-state index contributed by atoms with van der Waals surface area (Å²) < 4.78 is 5.25. The number of rotatable bonds is 1. The Hall–Kier alpha value is -0.900. The molecule has 0 N–H and O–H groups in total. The van der Waals surface area contributed by atoms with Gasteiger partial charge in [-0.15, -0.1) is 0 Å². The lowest BCUT2D eigenvalue weighted by Gasteiger charge is -2.27. The second-order valence-electron chi connectivity index (χ2n) is 2.81. The van der Waals surface area contributed by atoms with E-state index < -0.39 is 0 Å². The predicted molar refractivity (Wildman–Crippen MR) is 39.4 cm³/mol. The van der Waals surface area contributed by atoms with E-state index in [2.05, 4.69) is 5.10 Å². The van der Waals surface area contributed by atoms with Crippen molar-refractivity contribution in [2.24, 2.45) is 5.10 Å². The number of hydrogen-bond acceptors (Lipinski definition) is 4. The maximum Gasteiger partial charge on any atom is 0.166 e. The van der Waals surface area contributed by atoms with Crippen LogP contribution in [0, 0.1) is 0 Å². The summed E-state index contributed by atoms with van der Waals surface area (Å²) in [6, 6.07) is 0.323. The number of nitrogens with zero attached hydrogens (tertiary/aromatic N) is 2. The van der Waals surface area contributed by atoms with Crippen LogP contribution in [0.2, 0.25) is 0 Å². The summed E-state index contributed by atoms with van der Waals surface area (Å²) in [7, 11) is 0. The Morgan fingerprint density at radius 1 is 1.73 bits per heavy atom. The van der Waals surface area contributed by atoms with Crippen LogP contribution in [-0.4, -0.2) is 42.8 Å². The molecule has 0 spiro atoms. The summed E-state index contributed by atoms with van der Waals surface area (Å²) in [6.07, 6.45) is 1.59. The molecule has 0 aromatic heterocycles. The monoisotopic (exact) mass is 154 g/mol. The number of aldehydes is 1. The molecule has 2 rings (SSSR count). The number of morpholine rings is 1. The molecule has 0 aromatic rings. The highest BCUT2D eigenvalue weighted by Crippen LogP contribution is 2.17. The molecule has 1 saturated heterocycles. The Kier molecular flexibility index (Phi) is 1.62. The van der Waals surface area contributed by atoms with Gasteiger partial charge in [0, 0.05) is 6.42 Å². The molecule has 0 saturated carbocycles. The van der Waals surface area contributed by atoms with Crippen molar-refractivity contribution in [1.29, 1.82) is 0 Å². The number of ether oxygens (including phenoxy) is 1. The Bertz CT molecular complexity index is 203. The largest absolute Gasteiger partial charge is 0.377 e. The zero-order chi connectivity index (χ0) is 7.68.